The highest BCUT2D eigenvalue weighted by Crippen LogP contribution is 2.09. The first-order chi connectivity index (χ1) is 7.61. The zero-order chi connectivity index (χ0) is 13.6. The molecule has 0 aromatic carbocycles. The number of hydrogen-bond acceptors (Lipinski definition) is 5. The summed E-state index contributed by atoms with van der Waals surface area (Å²) in [6.07, 6.45) is -1.47. The molecule has 7 nitrogen and oxygen atoms in total. The number of carboxylic acids is 1. The van der Waals surface area contributed by atoms with Crippen molar-refractivity contribution in [3.8, 4) is 0 Å². The van der Waals surface area contributed by atoms with E-state index in [-0.39, 0.29) is 12.8 Å². The van der Waals surface area contributed by atoms with E-state index in [2.05, 4.69) is 4.84 Å². The molecule has 0 aliphatic heterocycles. The maximum Gasteiger partial charge on any atom is 0.443 e. The van der Waals surface area contributed by atoms with Gasteiger partial charge in [-0.2, -0.15) is 0 Å². The molecular weight excluding hydrogens is 230 g/mol. The van der Waals surface area contributed by atoms with Crippen LogP contribution in [0, 0.1) is 0 Å². The number of carbonyl (C=O) groups excluding carboxylic acids is 2. The average Bonchev–Trinajstić information content (AvgIpc) is 2.11. The van der Waals surface area contributed by atoms with Crippen LogP contribution in [0.15, 0.2) is 0 Å². The molecule has 0 aromatic rings. The van der Waals surface area contributed by atoms with E-state index in [1.807, 2.05) is 0 Å². The molecule has 0 bridgehead atoms. The summed E-state index contributed by atoms with van der Waals surface area (Å²) in [6.45, 7) is 5.01. The highest BCUT2D eigenvalue weighted by Gasteiger charge is 2.22. The molecule has 0 rings (SSSR count). The quantitative estimate of drug-likeness (QED) is 0.752. The number of ether oxygens (including phenoxy) is 1. The molecule has 1 N–H and O–H groups in total. The van der Waals surface area contributed by atoms with Gasteiger partial charge in [-0.25, -0.2) is 9.59 Å². The van der Waals surface area contributed by atoms with E-state index in [1.165, 1.54) is 7.05 Å². The van der Waals surface area contributed by atoms with Crippen LogP contribution in [0.4, 0.5) is 4.79 Å². The van der Waals surface area contributed by atoms with Crippen LogP contribution in [-0.2, 0) is 19.2 Å². The number of amides is 1. The molecule has 0 saturated heterocycles. The van der Waals surface area contributed by atoms with Crippen LogP contribution in [0.25, 0.3) is 0 Å². The van der Waals surface area contributed by atoms with Crippen molar-refractivity contribution >= 4 is 18.0 Å². The first-order valence-corrected chi connectivity index (χ1v) is 5.01. The minimum atomic E-state index is -1.11. The molecule has 0 aliphatic carbocycles. The maximum atomic E-state index is 11.3. The molecule has 17 heavy (non-hydrogen) atoms. The number of hydrogen-bond donors (Lipinski definition) is 1. The van der Waals surface area contributed by atoms with Crippen molar-refractivity contribution in [1.82, 2.24) is 5.06 Å². The second-order valence-electron chi connectivity index (χ2n) is 4.33. The topological polar surface area (TPSA) is 93.1 Å². The van der Waals surface area contributed by atoms with Gasteiger partial charge in [0.05, 0.1) is 19.9 Å². The lowest BCUT2D eigenvalue weighted by molar-refractivity contribution is -0.180. The van der Waals surface area contributed by atoms with Gasteiger partial charge in [0.15, 0.2) is 0 Å². The molecule has 7 heteroatoms. The van der Waals surface area contributed by atoms with E-state index in [1.54, 1.807) is 20.8 Å². The minimum Gasteiger partial charge on any atom is -0.481 e. The Bertz CT molecular complexity index is 306. The molecule has 0 fully saturated rings. The Labute approximate surface area is 99.2 Å². The Balaban J connectivity index is 4.08. The Morgan fingerprint density at radius 1 is 1.18 bits per heavy atom. The third kappa shape index (κ3) is 8.06. The molecular formula is C10H17NO6. The summed E-state index contributed by atoms with van der Waals surface area (Å²) in [7, 11) is 1.22. The van der Waals surface area contributed by atoms with Gasteiger partial charge in [0.25, 0.3) is 0 Å². The van der Waals surface area contributed by atoms with E-state index < -0.39 is 23.6 Å². The van der Waals surface area contributed by atoms with Crippen molar-refractivity contribution < 1.29 is 29.1 Å². The number of carbonyl (C=O) groups is 3. The number of hydroxylamine groups is 2. The minimum absolute atomic E-state index is 0.303. The maximum absolute atomic E-state index is 11.3. The molecule has 0 aromatic heterocycles. The van der Waals surface area contributed by atoms with Crippen LogP contribution in [0.2, 0.25) is 0 Å². The predicted octanol–water partition coefficient (Wildman–Crippen LogP) is 1.18. The van der Waals surface area contributed by atoms with Crippen LogP contribution in [0.1, 0.15) is 33.6 Å². The SMILES string of the molecule is CN(OC(=O)CCC(=O)O)C(=O)OC(C)(C)C. The van der Waals surface area contributed by atoms with Crippen molar-refractivity contribution in [2.45, 2.75) is 39.2 Å². The van der Waals surface area contributed by atoms with Crippen LogP contribution in [-0.4, -0.2) is 40.9 Å². The second-order valence-corrected chi connectivity index (χ2v) is 4.33. The van der Waals surface area contributed by atoms with Crippen molar-refractivity contribution in [1.29, 1.82) is 0 Å². The second kappa shape index (κ2) is 6.07. The summed E-state index contributed by atoms with van der Waals surface area (Å²) in [4.78, 5) is 37.2. The fraction of sp³-hybridized carbons (Fsp3) is 0.700. The van der Waals surface area contributed by atoms with Gasteiger partial charge >= 0.3 is 18.0 Å². The van der Waals surface area contributed by atoms with Gasteiger partial charge in [-0.3, -0.25) is 4.79 Å². The molecule has 0 saturated carbocycles. The Hall–Kier alpha value is -1.79. The summed E-state index contributed by atoms with van der Waals surface area (Å²) in [6, 6.07) is 0. The van der Waals surface area contributed by atoms with Crippen LogP contribution in [0.3, 0.4) is 0 Å². The van der Waals surface area contributed by atoms with Crippen LogP contribution >= 0.6 is 0 Å². The van der Waals surface area contributed by atoms with Gasteiger partial charge in [0.2, 0.25) is 0 Å². The largest absolute Gasteiger partial charge is 0.481 e. The molecule has 0 radical (unpaired) electrons. The lowest BCUT2D eigenvalue weighted by Crippen LogP contribution is -2.35. The smallest absolute Gasteiger partial charge is 0.443 e. The molecule has 0 spiro atoms. The third-order valence-corrected chi connectivity index (χ3v) is 1.43. The molecule has 0 atom stereocenters. The van der Waals surface area contributed by atoms with Gasteiger partial charge in [-0.1, -0.05) is 0 Å². The molecule has 0 heterocycles. The molecule has 0 unspecified atom stereocenters. The van der Waals surface area contributed by atoms with Gasteiger partial charge in [0, 0.05) is 0 Å². The van der Waals surface area contributed by atoms with Crippen molar-refractivity contribution in [2.24, 2.45) is 0 Å². The predicted molar refractivity (Wildman–Crippen MR) is 57.0 cm³/mol. The number of aliphatic carboxylic acids is 1. The van der Waals surface area contributed by atoms with Gasteiger partial charge in [0.1, 0.15) is 5.60 Å². The van der Waals surface area contributed by atoms with Crippen LogP contribution < -0.4 is 0 Å². The third-order valence-electron chi connectivity index (χ3n) is 1.43. The normalized spacial score (nSPS) is 10.6. The summed E-state index contributed by atoms with van der Waals surface area (Å²) < 4.78 is 4.92. The lowest BCUT2D eigenvalue weighted by Gasteiger charge is -2.23. The standard InChI is InChI=1S/C10H17NO6/c1-10(2,3)16-9(15)11(4)17-8(14)6-5-7(12)13/h5-6H2,1-4H3,(H,12,13). The fourth-order valence-electron chi connectivity index (χ4n) is 0.771. The summed E-state index contributed by atoms with van der Waals surface area (Å²) >= 11 is 0. The van der Waals surface area contributed by atoms with Crippen molar-refractivity contribution in [2.75, 3.05) is 7.05 Å². The zero-order valence-electron chi connectivity index (χ0n) is 10.3. The zero-order valence-corrected chi connectivity index (χ0v) is 10.3. The Morgan fingerprint density at radius 3 is 2.12 bits per heavy atom. The summed E-state index contributed by atoms with van der Waals surface area (Å²) in [5.74, 6) is -1.91. The van der Waals surface area contributed by atoms with Gasteiger partial charge in [-0.05, 0) is 20.8 Å². The highest BCUT2D eigenvalue weighted by atomic mass is 16.8. The Kier molecular flexibility index (Phi) is 5.43. The molecule has 0 aliphatic rings. The number of carboxylic acid groups (broad SMARTS) is 1. The first kappa shape index (κ1) is 15.2. The molecule has 1 amide bonds. The number of nitrogens with zero attached hydrogens (tertiary/aromatic N) is 1. The highest BCUT2D eigenvalue weighted by molar-refractivity contribution is 5.77. The van der Waals surface area contributed by atoms with Crippen molar-refractivity contribution in [3.05, 3.63) is 0 Å². The van der Waals surface area contributed by atoms with Gasteiger partial charge < -0.3 is 14.7 Å². The fourth-order valence-corrected chi connectivity index (χ4v) is 0.771. The van der Waals surface area contributed by atoms with E-state index in [0.717, 1.165) is 0 Å². The van der Waals surface area contributed by atoms with E-state index >= 15 is 0 Å². The summed E-state index contributed by atoms with van der Waals surface area (Å²) in [5.41, 5.74) is -0.696. The van der Waals surface area contributed by atoms with Crippen LogP contribution in [0.5, 0.6) is 0 Å². The van der Waals surface area contributed by atoms with Gasteiger partial charge in [-0.15, -0.1) is 5.06 Å². The van der Waals surface area contributed by atoms with E-state index in [9.17, 15) is 14.4 Å². The van der Waals surface area contributed by atoms with Crippen molar-refractivity contribution in [3.63, 3.8) is 0 Å². The Morgan fingerprint density at radius 2 is 1.71 bits per heavy atom. The first-order valence-electron chi connectivity index (χ1n) is 5.01. The summed E-state index contributed by atoms with van der Waals surface area (Å²) in [5, 5.41) is 8.98. The lowest BCUT2D eigenvalue weighted by atomic mass is 10.2. The average molecular weight is 247 g/mol. The monoisotopic (exact) mass is 247 g/mol. The van der Waals surface area contributed by atoms with E-state index in [4.69, 9.17) is 9.84 Å². The number of rotatable bonds is 3. The van der Waals surface area contributed by atoms with E-state index in [0.29, 0.717) is 5.06 Å². The molecule has 98 valence electrons.